The Hall–Kier alpha value is -1.76. The Morgan fingerprint density at radius 2 is 1.64 bits per heavy atom. The van der Waals surface area contributed by atoms with Gasteiger partial charge in [0.25, 0.3) is 0 Å². The molecule has 4 rings (SSSR count). The third kappa shape index (κ3) is 3.92. The lowest BCUT2D eigenvalue weighted by Gasteiger charge is -2.43. The van der Waals surface area contributed by atoms with E-state index in [1.54, 1.807) is 0 Å². The Labute approximate surface area is 147 Å². The first-order valence-electron chi connectivity index (χ1n) is 8.60. The molecule has 2 fully saturated rings. The van der Waals surface area contributed by atoms with Gasteiger partial charge in [-0.25, -0.2) is 0 Å². The highest BCUT2D eigenvalue weighted by Gasteiger charge is 2.43. The van der Waals surface area contributed by atoms with Gasteiger partial charge in [-0.2, -0.15) is 0 Å². The summed E-state index contributed by atoms with van der Waals surface area (Å²) in [5.41, 5.74) is 2.01. The predicted octanol–water partition coefficient (Wildman–Crippen LogP) is 2.79. The minimum atomic E-state index is -0.723. The summed E-state index contributed by atoms with van der Waals surface area (Å²) in [4.78, 5) is 0. The third-order valence-electron chi connectivity index (χ3n) is 4.55. The van der Waals surface area contributed by atoms with Crippen LogP contribution in [-0.4, -0.2) is 36.3 Å². The Bertz CT molecular complexity index is 662. The smallest absolute Gasteiger partial charge is 0.184 e. The van der Waals surface area contributed by atoms with E-state index in [9.17, 15) is 5.11 Å². The van der Waals surface area contributed by atoms with Crippen LogP contribution in [0, 0.1) is 0 Å². The lowest BCUT2D eigenvalue weighted by Crippen LogP contribution is -2.53. The van der Waals surface area contributed by atoms with Crippen LogP contribution in [-0.2, 0) is 25.6 Å². The molecule has 0 radical (unpaired) electrons. The zero-order chi connectivity index (χ0) is 17.1. The van der Waals surface area contributed by atoms with Gasteiger partial charge in [0.15, 0.2) is 12.6 Å². The van der Waals surface area contributed by atoms with Crippen LogP contribution in [0.4, 0.5) is 0 Å². The minimum absolute atomic E-state index is 0.203. The van der Waals surface area contributed by atoms with Crippen LogP contribution in [0.15, 0.2) is 60.7 Å². The molecule has 0 spiro atoms. The summed E-state index contributed by atoms with van der Waals surface area (Å²) in [6.45, 7) is 0.816. The molecule has 2 aliphatic heterocycles. The predicted molar refractivity (Wildman–Crippen MR) is 90.5 cm³/mol. The third-order valence-corrected chi connectivity index (χ3v) is 4.55. The second-order valence-electron chi connectivity index (χ2n) is 6.39. The van der Waals surface area contributed by atoms with Crippen LogP contribution in [0.1, 0.15) is 23.8 Å². The highest BCUT2D eigenvalue weighted by atomic mass is 16.7. The topological polar surface area (TPSA) is 57.2 Å². The maximum Gasteiger partial charge on any atom is 0.184 e. The molecular weight excluding hydrogens is 320 g/mol. The van der Waals surface area contributed by atoms with E-state index < -0.39 is 18.7 Å². The Balaban J connectivity index is 1.35. The van der Waals surface area contributed by atoms with Gasteiger partial charge in [0, 0.05) is 12.0 Å². The molecule has 5 heteroatoms. The van der Waals surface area contributed by atoms with Crippen molar-refractivity contribution in [2.24, 2.45) is 0 Å². The van der Waals surface area contributed by atoms with Crippen molar-refractivity contribution in [2.45, 2.75) is 43.9 Å². The molecule has 0 aromatic heterocycles. The summed E-state index contributed by atoms with van der Waals surface area (Å²) in [5.74, 6) is 0. The fraction of sp³-hybridized carbons (Fsp3) is 0.400. The number of rotatable bonds is 4. The van der Waals surface area contributed by atoms with Crippen molar-refractivity contribution in [3.8, 4) is 0 Å². The zero-order valence-electron chi connectivity index (χ0n) is 13.9. The minimum Gasteiger partial charge on any atom is -0.388 e. The average Bonchev–Trinajstić information content (AvgIpc) is 2.67. The molecule has 2 aromatic rings. The van der Waals surface area contributed by atoms with E-state index in [4.69, 9.17) is 18.9 Å². The first kappa shape index (κ1) is 16.7. The van der Waals surface area contributed by atoms with Crippen molar-refractivity contribution < 1.29 is 24.1 Å². The second kappa shape index (κ2) is 7.64. The van der Waals surface area contributed by atoms with Crippen LogP contribution in [0.25, 0.3) is 0 Å². The van der Waals surface area contributed by atoms with Crippen LogP contribution >= 0.6 is 0 Å². The SMILES string of the molecule is O[C@H]1C[C@@H]2O[C@H](c3ccccc3)OC[C@H]2O[C@@H]1OCc1ccccc1. The standard InChI is InChI=1S/C20H22O5/c21-16-11-17-18(13-23-19(24-17)15-9-5-2-6-10-15)25-20(16)22-12-14-7-3-1-4-8-14/h1-10,16-21H,11-13H2/t16-,17-,18+,19+,20-/m0/s1. The molecule has 1 N–H and O–H groups in total. The van der Waals surface area contributed by atoms with E-state index in [2.05, 4.69) is 0 Å². The number of fused-ring (bicyclic) bond motifs is 1. The van der Waals surface area contributed by atoms with E-state index in [0.717, 1.165) is 11.1 Å². The highest BCUT2D eigenvalue weighted by Crippen LogP contribution is 2.34. The molecule has 2 aliphatic rings. The van der Waals surface area contributed by atoms with Gasteiger partial charge in [0.2, 0.25) is 0 Å². The van der Waals surface area contributed by atoms with Crippen LogP contribution < -0.4 is 0 Å². The van der Waals surface area contributed by atoms with Gasteiger partial charge in [0.1, 0.15) is 12.2 Å². The Kier molecular flexibility index (Phi) is 5.10. The molecule has 2 saturated heterocycles. The number of aliphatic hydroxyl groups excluding tert-OH is 1. The van der Waals surface area contributed by atoms with Crippen molar-refractivity contribution >= 4 is 0 Å². The second-order valence-corrected chi connectivity index (χ2v) is 6.39. The maximum atomic E-state index is 10.4. The van der Waals surface area contributed by atoms with Gasteiger partial charge in [-0.3, -0.25) is 0 Å². The Morgan fingerprint density at radius 1 is 0.920 bits per heavy atom. The number of aliphatic hydroxyl groups is 1. The molecule has 0 bridgehead atoms. The fourth-order valence-electron chi connectivity index (χ4n) is 3.21. The van der Waals surface area contributed by atoms with Crippen molar-refractivity contribution in [2.75, 3.05) is 6.61 Å². The monoisotopic (exact) mass is 342 g/mol. The van der Waals surface area contributed by atoms with Crippen molar-refractivity contribution in [1.29, 1.82) is 0 Å². The quantitative estimate of drug-likeness (QED) is 0.926. The van der Waals surface area contributed by atoms with E-state index in [1.165, 1.54) is 0 Å². The van der Waals surface area contributed by atoms with Gasteiger partial charge in [0.05, 0.1) is 19.3 Å². The largest absolute Gasteiger partial charge is 0.388 e. The highest BCUT2D eigenvalue weighted by molar-refractivity contribution is 5.16. The van der Waals surface area contributed by atoms with E-state index in [-0.39, 0.29) is 12.2 Å². The number of hydrogen-bond acceptors (Lipinski definition) is 5. The normalized spacial score (nSPS) is 32.1. The van der Waals surface area contributed by atoms with Crippen LogP contribution in [0.3, 0.4) is 0 Å². The molecule has 25 heavy (non-hydrogen) atoms. The molecule has 0 saturated carbocycles. The van der Waals surface area contributed by atoms with Crippen LogP contribution in [0.2, 0.25) is 0 Å². The lowest BCUT2D eigenvalue weighted by atomic mass is 10.0. The number of ether oxygens (including phenoxy) is 4. The zero-order valence-corrected chi connectivity index (χ0v) is 13.9. The molecular formula is C20H22O5. The molecule has 2 aromatic carbocycles. The van der Waals surface area contributed by atoms with E-state index >= 15 is 0 Å². The molecule has 0 aliphatic carbocycles. The first-order chi connectivity index (χ1) is 12.3. The van der Waals surface area contributed by atoms with Crippen molar-refractivity contribution in [3.63, 3.8) is 0 Å². The van der Waals surface area contributed by atoms with Gasteiger partial charge in [-0.1, -0.05) is 60.7 Å². The summed E-state index contributed by atoms with van der Waals surface area (Å²) in [5, 5.41) is 10.4. The van der Waals surface area contributed by atoms with Gasteiger partial charge < -0.3 is 24.1 Å². The van der Waals surface area contributed by atoms with Gasteiger partial charge in [-0.15, -0.1) is 0 Å². The Morgan fingerprint density at radius 3 is 2.40 bits per heavy atom. The number of hydrogen-bond donors (Lipinski definition) is 1. The molecule has 5 nitrogen and oxygen atoms in total. The molecule has 0 amide bonds. The first-order valence-corrected chi connectivity index (χ1v) is 8.60. The summed E-state index contributed by atoms with van der Waals surface area (Å²) < 4.78 is 23.4. The molecule has 132 valence electrons. The summed E-state index contributed by atoms with van der Waals surface area (Å²) >= 11 is 0. The summed E-state index contributed by atoms with van der Waals surface area (Å²) in [6, 6.07) is 19.6. The summed E-state index contributed by atoms with van der Waals surface area (Å²) in [7, 11) is 0. The fourth-order valence-corrected chi connectivity index (χ4v) is 3.21. The van der Waals surface area contributed by atoms with Crippen molar-refractivity contribution in [3.05, 3.63) is 71.8 Å². The summed E-state index contributed by atoms with van der Waals surface area (Å²) in [6.07, 6.45) is -1.77. The maximum absolute atomic E-state index is 10.4. The molecule has 0 unspecified atom stereocenters. The van der Waals surface area contributed by atoms with E-state index in [1.807, 2.05) is 60.7 Å². The van der Waals surface area contributed by atoms with Gasteiger partial charge >= 0.3 is 0 Å². The van der Waals surface area contributed by atoms with Crippen LogP contribution in [0.5, 0.6) is 0 Å². The van der Waals surface area contributed by atoms with E-state index in [0.29, 0.717) is 19.6 Å². The van der Waals surface area contributed by atoms with Gasteiger partial charge in [-0.05, 0) is 5.56 Å². The average molecular weight is 342 g/mol. The lowest BCUT2D eigenvalue weighted by molar-refractivity contribution is -0.338. The molecule has 2 heterocycles. The number of benzene rings is 2. The van der Waals surface area contributed by atoms with Crippen molar-refractivity contribution in [1.82, 2.24) is 0 Å². The molecule has 5 atom stereocenters.